The molecule has 0 unspecified atom stereocenters. The first-order valence-electron chi connectivity index (χ1n) is 8.05. The molecule has 24 heavy (non-hydrogen) atoms. The largest absolute Gasteiger partial charge is 0.337 e. The third-order valence-corrected chi connectivity index (χ3v) is 4.30. The Morgan fingerprint density at radius 2 is 1.96 bits per heavy atom. The molecule has 1 aromatic heterocycles. The van der Waals surface area contributed by atoms with Gasteiger partial charge in [0.2, 0.25) is 5.91 Å². The van der Waals surface area contributed by atoms with Crippen LogP contribution in [0.4, 0.5) is 0 Å². The van der Waals surface area contributed by atoms with Crippen LogP contribution in [0.3, 0.4) is 0 Å². The fourth-order valence-corrected chi connectivity index (χ4v) is 2.93. The summed E-state index contributed by atoms with van der Waals surface area (Å²) in [6.07, 6.45) is 5.25. The van der Waals surface area contributed by atoms with Crippen molar-refractivity contribution in [3.8, 4) is 0 Å². The van der Waals surface area contributed by atoms with Gasteiger partial charge in [0.1, 0.15) is 0 Å². The number of carbonyl (C=O) groups is 1. The Balaban J connectivity index is 1.50. The average Bonchev–Trinajstić information content (AvgIpc) is 2.61. The lowest BCUT2D eigenvalue weighted by atomic mass is 10.2. The number of piperazine rings is 1. The summed E-state index contributed by atoms with van der Waals surface area (Å²) >= 11 is 5.95. The summed E-state index contributed by atoms with van der Waals surface area (Å²) in [7, 11) is 0. The van der Waals surface area contributed by atoms with Crippen LogP contribution in [-0.2, 0) is 11.3 Å². The van der Waals surface area contributed by atoms with E-state index in [2.05, 4.69) is 9.88 Å². The molecule has 2 heterocycles. The standard InChI is InChI=1S/C19H20ClN3O/c20-17-5-3-4-16(14-17)7-8-19(24)23-12-10-22(11-13-23)15-18-6-1-2-9-21-18/h1-9,14H,10-13,15H2/b8-7+. The fourth-order valence-electron chi connectivity index (χ4n) is 2.73. The number of pyridine rings is 1. The van der Waals surface area contributed by atoms with E-state index in [0.717, 1.165) is 44.0 Å². The lowest BCUT2D eigenvalue weighted by molar-refractivity contribution is -0.127. The molecular formula is C19H20ClN3O. The second-order valence-corrected chi connectivity index (χ2v) is 6.25. The van der Waals surface area contributed by atoms with E-state index in [1.165, 1.54) is 0 Å². The first-order valence-corrected chi connectivity index (χ1v) is 8.43. The minimum Gasteiger partial charge on any atom is -0.337 e. The van der Waals surface area contributed by atoms with Gasteiger partial charge in [0.15, 0.2) is 0 Å². The van der Waals surface area contributed by atoms with Crippen molar-refractivity contribution in [2.24, 2.45) is 0 Å². The predicted octanol–water partition coefficient (Wildman–Crippen LogP) is 3.09. The number of halogens is 1. The Hall–Kier alpha value is -2.17. The van der Waals surface area contributed by atoms with Crippen LogP contribution < -0.4 is 0 Å². The van der Waals surface area contributed by atoms with E-state index < -0.39 is 0 Å². The van der Waals surface area contributed by atoms with Crippen LogP contribution in [0.2, 0.25) is 5.02 Å². The second-order valence-electron chi connectivity index (χ2n) is 5.81. The Morgan fingerprint density at radius 3 is 2.67 bits per heavy atom. The molecule has 1 aromatic carbocycles. The molecule has 0 N–H and O–H groups in total. The number of benzene rings is 1. The molecule has 1 aliphatic rings. The molecule has 0 aliphatic carbocycles. The molecule has 0 spiro atoms. The fraction of sp³-hybridized carbons (Fsp3) is 0.263. The number of hydrogen-bond acceptors (Lipinski definition) is 3. The van der Waals surface area contributed by atoms with Crippen LogP contribution in [-0.4, -0.2) is 46.9 Å². The van der Waals surface area contributed by atoms with Gasteiger partial charge >= 0.3 is 0 Å². The monoisotopic (exact) mass is 341 g/mol. The van der Waals surface area contributed by atoms with Gasteiger partial charge in [0.05, 0.1) is 5.69 Å². The highest BCUT2D eigenvalue weighted by atomic mass is 35.5. The highest BCUT2D eigenvalue weighted by Crippen LogP contribution is 2.12. The Kier molecular flexibility index (Phi) is 5.62. The number of rotatable bonds is 4. The summed E-state index contributed by atoms with van der Waals surface area (Å²) in [6, 6.07) is 13.4. The first kappa shape index (κ1) is 16.7. The van der Waals surface area contributed by atoms with Crippen molar-refractivity contribution in [2.45, 2.75) is 6.54 Å². The maximum absolute atomic E-state index is 12.3. The molecule has 1 saturated heterocycles. The minimum atomic E-state index is 0.0486. The van der Waals surface area contributed by atoms with Crippen LogP contribution in [0.25, 0.3) is 6.08 Å². The first-order chi connectivity index (χ1) is 11.7. The van der Waals surface area contributed by atoms with Gasteiger partial charge in [-0.1, -0.05) is 29.8 Å². The quantitative estimate of drug-likeness (QED) is 0.802. The van der Waals surface area contributed by atoms with Crippen molar-refractivity contribution in [3.63, 3.8) is 0 Å². The molecular weight excluding hydrogens is 322 g/mol. The average molecular weight is 342 g/mol. The third kappa shape index (κ3) is 4.66. The van der Waals surface area contributed by atoms with Gasteiger partial charge in [0, 0.05) is 50.0 Å². The SMILES string of the molecule is O=C(/C=C/c1cccc(Cl)c1)N1CCN(Cc2ccccn2)CC1. The number of nitrogens with zero attached hydrogens (tertiary/aromatic N) is 3. The van der Waals surface area contributed by atoms with Gasteiger partial charge < -0.3 is 4.90 Å². The van der Waals surface area contributed by atoms with E-state index in [0.29, 0.717) is 5.02 Å². The lowest BCUT2D eigenvalue weighted by Gasteiger charge is -2.34. The van der Waals surface area contributed by atoms with Gasteiger partial charge in [-0.15, -0.1) is 0 Å². The van der Waals surface area contributed by atoms with Gasteiger partial charge in [-0.05, 0) is 35.9 Å². The molecule has 0 atom stereocenters. The Labute approximate surface area is 147 Å². The number of hydrogen-bond donors (Lipinski definition) is 0. The predicted molar refractivity (Wildman–Crippen MR) is 96.6 cm³/mol. The number of amides is 1. The maximum Gasteiger partial charge on any atom is 0.246 e. The summed E-state index contributed by atoms with van der Waals surface area (Å²) < 4.78 is 0. The minimum absolute atomic E-state index is 0.0486. The molecule has 3 rings (SSSR count). The van der Waals surface area contributed by atoms with E-state index >= 15 is 0 Å². The lowest BCUT2D eigenvalue weighted by Crippen LogP contribution is -2.47. The number of carbonyl (C=O) groups excluding carboxylic acids is 1. The molecule has 0 bridgehead atoms. The summed E-state index contributed by atoms with van der Waals surface area (Å²) in [6.45, 7) is 4.05. The zero-order valence-electron chi connectivity index (χ0n) is 13.4. The molecule has 5 heteroatoms. The van der Waals surface area contributed by atoms with Crippen molar-refractivity contribution >= 4 is 23.6 Å². The van der Waals surface area contributed by atoms with E-state index in [-0.39, 0.29) is 5.91 Å². The van der Waals surface area contributed by atoms with Crippen LogP contribution in [0.15, 0.2) is 54.7 Å². The van der Waals surface area contributed by atoms with E-state index in [4.69, 9.17) is 11.6 Å². The highest BCUT2D eigenvalue weighted by Gasteiger charge is 2.19. The van der Waals surface area contributed by atoms with E-state index in [1.807, 2.05) is 59.6 Å². The van der Waals surface area contributed by atoms with Gasteiger partial charge in [-0.2, -0.15) is 0 Å². The van der Waals surface area contributed by atoms with E-state index in [1.54, 1.807) is 6.08 Å². The van der Waals surface area contributed by atoms with Crippen LogP contribution in [0.1, 0.15) is 11.3 Å². The summed E-state index contributed by atoms with van der Waals surface area (Å²) in [5, 5.41) is 0.674. The molecule has 1 fully saturated rings. The molecule has 4 nitrogen and oxygen atoms in total. The van der Waals surface area contributed by atoms with Crippen molar-refractivity contribution in [1.29, 1.82) is 0 Å². The molecule has 0 radical (unpaired) electrons. The van der Waals surface area contributed by atoms with Crippen LogP contribution in [0, 0.1) is 0 Å². The molecule has 124 valence electrons. The van der Waals surface area contributed by atoms with Gasteiger partial charge in [-0.3, -0.25) is 14.7 Å². The third-order valence-electron chi connectivity index (χ3n) is 4.06. The zero-order valence-corrected chi connectivity index (χ0v) is 14.2. The maximum atomic E-state index is 12.3. The van der Waals surface area contributed by atoms with Crippen molar-refractivity contribution in [1.82, 2.24) is 14.8 Å². The Bertz CT molecular complexity index is 710. The van der Waals surface area contributed by atoms with E-state index in [9.17, 15) is 4.79 Å². The smallest absolute Gasteiger partial charge is 0.246 e. The second kappa shape index (κ2) is 8.08. The normalized spacial score (nSPS) is 15.8. The zero-order chi connectivity index (χ0) is 16.8. The van der Waals surface area contributed by atoms with Gasteiger partial charge in [0.25, 0.3) is 0 Å². The van der Waals surface area contributed by atoms with Crippen molar-refractivity contribution in [2.75, 3.05) is 26.2 Å². The highest BCUT2D eigenvalue weighted by molar-refractivity contribution is 6.30. The molecule has 1 aliphatic heterocycles. The Morgan fingerprint density at radius 1 is 1.12 bits per heavy atom. The van der Waals surface area contributed by atoms with Crippen molar-refractivity contribution < 1.29 is 4.79 Å². The van der Waals surface area contributed by atoms with Crippen LogP contribution in [0.5, 0.6) is 0 Å². The summed E-state index contributed by atoms with van der Waals surface area (Å²) in [4.78, 5) is 20.9. The topological polar surface area (TPSA) is 36.4 Å². The van der Waals surface area contributed by atoms with Gasteiger partial charge in [-0.25, -0.2) is 0 Å². The van der Waals surface area contributed by atoms with Crippen LogP contribution >= 0.6 is 11.6 Å². The molecule has 1 amide bonds. The molecule has 0 saturated carbocycles. The number of aromatic nitrogens is 1. The summed E-state index contributed by atoms with van der Waals surface area (Å²) in [5.74, 6) is 0.0486. The summed E-state index contributed by atoms with van der Waals surface area (Å²) in [5.41, 5.74) is 2.00. The molecule has 2 aromatic rings. The van der Waals surface area contributed by atoms with Crippen molar-refractivity contribution in [3.05, 3.63) is 71.0 Å².